The molecule has 24 heavy (non-hydrogen) atoms. The topological polar surface area (TPSA) is 94.9 Å². The van der Waals surface area contributed by atoms with E-state index in [0.29, 0.717) is 32.1 Å². The molecule has 1 aliphatic rings. The van der Waals surface area contributed by atoms with Crippen LogP contribution in [0.15, 0.2) is 33.8 Å². The zero-order chi connectivity index (χ0) is 16.1. The first kappa shape index (κ1) is 18.4. The third kappa shape index (κ3) is 5.02. The zero-order valence-electron chi connectivity index (χ0n) is 13.4. The summed E-state index contributed by atoms with van der Waals surface area (Å²) in [6.45, 7) is 3.73. The number of fused-ring (bicyclic) bond motifs is 1. The number of aryl methyl sites for hydroxylation is 1. The number of nitrogens with zero attached hydrogens (tertiary/aromatic N) is 2. The van der Waals surface area contributed by atoms with Crippen LogP contribution >= 0.6 is 24.0 Å². The van der Waals surface area contributed by atoms with Crippen LogP contribution in [-0.4, -0.2) is 30.9 Å². The van der Waals surface area contributed by atoms with E-state index in [4.69, 9.17) is 19.7 Å². The summed E-state index contributed by atoms with van der Waals surface area (Å²) in [7, 11) is 0. The van der Waals surface area contributed by atoms with Gasteiger partial charge in [-0.05, 0) is 19.1 Å². The number of rotatable bonds is 4. The summed E-state index contributed by atoms with van der Waals surface area (Å²) in [5.74, 6) is 2.62. The molecule has 3 rings (SSSR count). The monoisotopic (exact) mass is 444 g/mol. The number of guanidine groups is 1. The lowest BCUT2D eigenvalue weighted by Gasteiger charge is -2.10. The number of anilines is 1. The number of halogens is 1. The van der Waals surface area contributed by atoms with Crippen LogP contribution < -0.4 is 20.5 Å². The van der Waals surface area contributed by atoms with E-state index < -0.39 is 0 Å². The van der Waals surface area contributed by atoms with Crippen molar-refractivity contribution in [2.45, 2.75) is 19.8 Å². The van der Waals surface area contributed by atoms with Crippen LogP contribution in [0, 0.1) is 6.92 Å². The normalized spacial score (nSPS) is 13.8. The van der Waals surface area contributed by atoms with E-state index in [1.807, 2.05) is 31.2 Å². The second-order valence-electron chi connectivity index (χ2n) is 5.29. The van der Waals surface area contributed by atoms with Gasteiger partial charge < -0.3 is 25.0 Å². The minimum Gasteiger partial charge on any atom is -0.490 e. The zero-order valence-corrected chi connectivity index (χ0v) is 15.8. The van der Waals surface area contributed by atoms with Crippen molar-refractivity contribution in [3.8, 4) is 11.5 Å². The van der Waals surface area contributed by atoms with Gasteiger partial charge in [0.15, 0.2) is 17.5 Å². The molecule has 7 nitrogen and oxygen atoms in total. The van der Waals surface area contributed by atoms with E-state index in [-0.39, 0.29) is 24.0 Å². The minimum atomic E-state index is 0. The van der Waals surface area contributed by atoms with Gasteiger partial charge in [-0.2, -0.15) is 0 Å². The lowest BCUT2D eigenvalue weighted by molar-refractivity contribution is 0.297. The summed E-state index contributed by atoms with van der Waals surface area (Å²) in [6.07, 6.45) is 1.53. The molecule has 0 fully saturated rings. The Kier molecular flexibility index (Phi) is 6.71. The molecule has 1 aliphatic heterocycles. The first-order valence-corrected chi connectivity index (χ1v) is 7.59. The van der Waals surface area contributed by atoms with Crippen LogP contribution in [-0.2, 0) is 6.42 Å². The number of aliphatic imine (C=N–C) groups is 1. The Morgan fingerprint density at radius 1 is 1.25 bits per heavy atom. The molecule has 0 amide bonds. The summed E-state index contributed by atoms with van der Waals surface area (Å²) in [5, 5.41) is 6.88. The third-order valence-electron chi connectivity index (χ3n) is 3.34. The highest BCUT2D eigenvalue weighted by Crippen LogP contribution is 2.32. The van der Waals surface area contributed by atoms with Crippen molar-refractivity contribution >= 4 is 35.6 Å². The fraction of sp³-hybridized carbons (Fsp3) is 0.375. The number of ether oxygens (including phenoxy) is 2. The maximum atomic E-state index is 5.90. The molecule has 0 saturated heterocycles. The summed E-state index contributed by atoms with van der Waals surface area (Å²) < 4.78 is 16.4. The number of hydrogen-bond donors (Lipinski definition) is 2. The molecule has 1 aromatic heterocycles. The van der Waals surface area contributed by atoms with Gasteiger partial charge in [-0.15, -0.1) is 24.0 Å². The van der Waals surface area contributed by atoms with Crippen LogP contribution in [0.5, 0.6) is 11.5 Å². The Morgan fingerprint density at radius 2 is 2.04 bits per heavy atom. The molecule has 1 aromatic carbocycles. The molecular weight excluding hydrogens is 423 g/mol. The summed E-state index contributed by atoms with van der Waals surface area (Å²) in [5.41, 5.74) is 7.58. The number of aromatic nitrogens is 1. The van der Waals surface area contributed by atoms with E-state index in [9.17, 15) is 0 Å². The van der Waals surface area contributed by atoms with Crippen molar-refractivity contribution in [2.75, 3.05) is 25.1 Å². The molecule has 130 valence electrons. The van der Waals surface area contributed by atoms with Crippen LogP contribution in [0.25, 0.3) is 0 Å². The fourth-order valence-electron chi connectivity index (χ4n) is 2.25. The molecule has 2 heterocycles. The first-order valence-electron chi connectivity index (χ1n) is 7.59. The summed E-state index contributed by atoms with van der Waals surface area (Å²) >= 11 is 0. The number of nitrogens with two attached hydrogens (primary N) is 1. The molecule has 0 atom stereocenters. The Hall–Kier alpha value is -1.97. The van der Waals surface area contributed by atoms with Gasteiger partial charge in [-0.25, -0.2) is 0 Å². The van der Waals surface area contributed by atoms with E-state index >= 15 is 0 Å². The van der Waals surface area contributed by atoms with Crippen molar-refractivity contribution < 1.29 is 14.0 Å². The summed E-state index contributed by atoms with van der Waals surface area (Å²) in [4.78, 5) is 4.28. The highest BCUT2D eigenvalue weighted by Gasteiger charge is 2.10. The van der Waals surface area contributed by atoms with Crippen LogP contribution in [0.4, 0.5) is 5.69 Å². The SMILES string of the molecule is Cc1cc(CCN=C(N)Nc2ccc3c(c2)OCCCO3)on1.I. The molecule has 0 radical (unpaired) electrons. The second kappa shape index (κ2) is 8.76. The highest BCUT2D eigenvalue weighted by molar-refractivity contribution is 14.0. The molecule has 0 bridgehead atoms. The van der Waals surface area contributed by atoms with Crippen LogP contribution in [0.2, 0.25) is 0 Å². The lowest BCUT2D eigenvalue weighted by atomic mass is 10.3. The quantitative estimate of drug-likeness (QED) is 0.428. The van der Waals surface area contributed by atoms with Gasteiger partial charge in [0.2, 0.25) is 0 Å². The second-order valence-corrected chi connectivity index (χ2v) is 5.29. The van der Waals surface area contributed by atoms with Crippen LogP contribution in [0.3, 0.4) is 0 Å². The van der Waals surface area contributed by atoms with Crippen LogP contribution in [0.1, 0.15) is 17.9 Å². The van der Waals surface area contributed by atoms with Crippen molar-refractivity contribution in [1.82, 2.24) is 5.16 Å². The van der Waals surface area contributed by atoms with E-state index in [2.05, 4.69) is 15.5 Å². The Bertz CT molecular complexity index is 702. The van der Waals surface area contributed by atoms with E-state index in [1.54, 1.807) is 0 Å². The average Bonchev–Trinajstić information content (AvgIpc) is 2.81. The molecule has 2 aromatic rings. The van der Waals surface area contributed by atoms with Gasteiger partial charge >= 0.3 is 0 Å². The standard InChI is InChI=1S/C16H20N4O3.HI/c1-11-9-13(23-20-11)5-6-18-16(17)19-12-3-4-14-15(10-12)22-8-2-7-21-14;/h3-4,9-10H,2,5-8H2,1H3,(H3,17,18,19);1H. The molecule has 0 aliphatic carbocycles. The average molecular weight is 444 g/mol. The Morgan fingerprint density at radius 3 is 2.79 bits per heavy atom. The van der Waals surface area contributed by atoms with Crippen molar-refractivity contribution in [1.29, 1.82) is 0 Å². The van der Waals surface area contributed by atoms with Gasteiger partial charge in [-0.1, -0.05) is 5.16 Å². The number of hydrogen-bond acceptors (Lipinski definition) is 5. The predicted octanol–water partition coefficient (Wildman–Crippen LogP) is 2.73. The molecule has 0 saturated carbocycles. The van der Waals surface area contributed by atoms with Gasteiger partial charge in [-0.3, -0.25) is 4.99 Å². The smallest absolute Gasteiger partial charge is 0.193 e. The minimum absolute atomic E-state index is 0. The van der Waals surface area contributed by atoms with E-state index in [0.717, 1.165) is 35.1 Å². The molecule has 8 heteroatoms. The van der Waals surface area contributed by atoms with E-state index in [1.165, 1.54) is 0 Å². The third-order valence-corrected chi connectivity index (χ3v) is 3.34. The van der Waals surface area contributed by atoms with Crippen molar-refractivity contribution in [3.05, 3.63) is 35.7 Å². The summed E-state index contributed by atoms with van der Waals surface area (Å²) in [6, 6.07) is 7.51. The molecule has 3 N–H and O–H groups in total. The van der Waals surface area contributed by atoms with Gasteiger partial charge in [0.1, 0.15) is 5.76 Å². The molecule has 0 spiro atoms. The maximum absolute atomic E-state index is 5.90. The van der Waals surface area contributed by atoms with Crippen molar-refractivity contribution in [3.63, 3.8) is 0 Å². The Balaban J connectivity index is 0.00000208. The Labute approximate surface area is 157 Å². The van der Waals surface area contributed by atoms with Gasteiger partial charge in [0, 0.05) is 37.2 Å². The molecular formula is C16H21IN4O3. The van der Waals surface area contributed by atoms with Gasteiger partial charge in [0.05, 0.1) is 18.9 Å². The largest absolute Gasteiger partial charge is 0.490 e. The highest BCUT2D eigenvalue weighted by atomic mass is 127. The van der Waals surface area contributed by atoms with Gasteiger partial charge in [0.25, 0.3) is 0 Å². The molecule has 0 unspecified atom stereocenters. The maximum Gasteiger partial charge on any atom is 0.193 e. The lowest BCUT2D eigenvalue weighted by Crippen LogP contribution is -2.23. The number of nitrogens with one attached hydrogen (secondary N) is 1. The van der Waals surface area contributed by atoms with Crippen molar-refractivity contribution in [2.24, 2.45) is 10.7 Å². The predicted molar refractivity (Wildman–Crippen MR) is 103 cm³/mol. The first-order chi connectivity index (χ1) is 11.2. The number of benzene rings is 1. The fourth-order valence-corrected chi connectivity index (χ4v) is 2.25.